The van der Waals surface area contributed by atoms with Gasteiger partial charge in [0.1, 0.15) is 0 Å². The molecule has 0 unspecified atom stereocenters. The molecule has 4 heteroatoms. The molecular formula is C12H25N3O. The van der Waals surface area contributed by atoms with Crippen LogP contribution < -0.4 is 5.32 Å². The van der Waals surface area contributed by atoms with E-state index in [1.54, 1.807) is 0 Å². The van der Waals surface area contributed by atoms with Crippen molar-refractivity contribution in [2.24, 2.45) is 5.92 Å². The maximum atomic E-state index is 11.7. The summed E-state index contributed by atoms with van der Waals surface area (Å²) in [6.45, 7) is 13.3. The first kappa shape index (κ1) is 13.3. The minimum absolute atomic E-state index is 0.0826. The summed E-state index contributed by atoms with van der Waals surface area (Å²) in [5.41, 5.74) is 0. The average Bonchev–Trinajstić information content (AvgIpc) is 2.16. The molecule has 1 N–H and O–H groups in total. The molecule has 0 aromatic carbocycles. The Labute approximate surface area is 99.0 Å². The van der Waals surface area contributed by atoms with Crippen LogP contribution in [0.15, 0.2) is 0 Å². The fourth-order valence-corrected chi connectivity index (χ4v) is 1.99. The molecule has 0 aromatic heterocycles. The zero-order chi connectivity index (χ0) is 12.1. The monoisotopic (exact) mass is 227 g/mol. The third-order valence-corrected chi connectivity index (χ3v) is 2.70. The van der Waals surface area contributed by atoms with Gasteiger partial charge in [0, 0.05) is 38.8 Å². The highest BCUT2D eigenvalue weighted by molar-refractivity contribution is 5.74. The number of amides is 2. The molecule has 1 rings (SSSR count). The van der Waals surface area contributed by atoms with E-state index in [-0.39, 0.29) is 12.1 Å². The van der Waals surface area contributed by atoms with Crippen LogP contribution in [0.3, 0.4) is 0 Å². The molecule has 0 saturated carbocycles. The number of carbonyl (C=O) groups excluding carboxylic acids is 1. The van der Waals surface area contributed by atoms with Crippen molar-refractivity contribution >= 4 is 6.03 Å². The predicted molar refractivity (Wildman–Crippen MR) is 66.5 cm³/mol. The molecule has 0 aromatic rings. The molecule has 1 heterocycles. The predicted octanol–water partition coefficient (Wildman–Crippen LogP) is 1.38. The van der Waals surface area contributed by atoms with Crippen LogP contribution in [0.4, 0.5) is 4.79 Å². The van der Waals surface area contributed by atoms with E-state index in [0.29, 0.717) is 5.92 Å². The van der Waals surface area contributed by atoms with Crippen molar-refractivity contribution in [3.8, 4) is 0 Å². The topological polar surface area (TPSA) is 35.6 Å². The van der Waals surface area contributed by atoms with Gasteiger partial charge in [-0.1, -0.05) is 13.8 Å². The van der Waals surface area contributed by atoms with Crippen LogP contribution in [0.1, 0.15) is 27.7 Å². The van der Waals surface area contributed by atoms with Gasteiger partial charge in [-0.2, -0.15) is 0 Å². The van der Waals surface area contributed by atoms with E-state index in [1.165, 1.54) is 0 Å². The third-order valence-electron chi connectivity index (χ3n) is 2.70. The first-order valence-electron chi connectivity index (χ1n) is 6.27. The largest absolute Gasteiger partial charge is 0.336 e. The van der Waals surface area contributed by atoms with Crippen molar-refractivity contribution in [2.75, 3.05) is 32.7 Å². The fraction of sp³-hybridized carbons (Fsp3) is 0.917. The Hall–Kier alpha value is -0.770. The summed E-state index contributed by atoms with van der Waals surface area (Å²) >= 11 is 0. The zero-order valence-corrected chi connectivity index (χ0v) is 11.0. The van der Waals surface area contributed by atoms with Crippen LogP contribution in [-0.4, -0.2) is 54.6 Å². The number of urea groups is 1. The van der Waals surface area contributed by atoms with Gasteiger partial charge in [0.05, 0.1) is 0 Å². The SMILES string of the molecule is CC(C)CN1CCN(C(=O)NC(C)C)CC1. The lowest BCUT2D eigenvalue weighted by Gasteiger charge is -2.35. The molecule has 1 aliphatic heterocycles. The van der Waals surface area contributed by atoms with Crippen LogP contribution >= 0.6 is 0 Å². The molecule has 1 saturated heterocycles. The van der Waals surface area contributed by atoms with Gasteiger partial charge in [-0.25, -0.2) is 4.79 Å². The maximum Gasteiger partial charge on any atom is 0.317 e. The summed E-state index contributed by atoms with van der Waals surface area (Å²) in [7, 11) is 0. The van der Waals surface area contributed by atoms with Gasteiger partial charge in [-0.05, 0) is 19.8 Å². The molecule has 94 valence electrons. The number of hydrogen-bond acceptors (Lipinski definition) is 2. The Morgan fingerprint density at radius 3 is 2.12 bits per heavy atom. The summed E-state index contributed by atoms with van der Waals surface area (Å²) in [6.07, 6.45) is 0. The number of carbonyl (C=O) groups is 1. The Kier molecular flexibility index (Phi) is 5.06. The molecule has 0 bridgehead atoms. The van der Waals surface area contributed by atoms with Crippen molar-refractivity contribution in [1.82, 2.24) is 15.1 Å². The van der Waals surface area contributed by atoms with E-state index in [1.807, 2.05) is 18.7 Å². The highest BCUT2D eigenvalue weighted by Crippen LogP contribution is 2.05. The number of nitrogens with zero attached hydrogens (tertiary/aromatic N) is 2. The second-order valence-electron chi connectivity index (χ2n) is 5.29. The van der Waals surface area contributed by atoms with Crippen LogP contribution in [0.5, 0.6) is 0 Å². The Morgan fingerprint density at radius 1 is 1.12 bits per heavy atom. The summed E-state index contributed by atoms with van der Waals surface area (Å²) in [5, 5.41) is 2.94. The zero-order valence-electron chi connectivity index (χ0n) is 11.0. The minimum atomic E-state index is 0.0826. The molecule has 1 aliphatic rings. The Morgan fingerprint density at radius 2 is 1.69 bits per heavy atom. The number of hydrogen-bond donors (Lipinski definition) is 1. The average molecular weight is 227 g/mol. The molecule has 16 heavy (non-hydrogen) atoms. The lowest BCUT2D eigenvalue weighted by Crippen LogP contribution is -2.53. The molecule has 0 atom stereocenters. The van der Waals surface area contributed by atoms with Crippen molar-refractivity contribution < 1.29 is 4.79 Å². The standard InChI is InChI=1S/C12H25N3O/c1-10(2)9-14-5-7-15(8-6-14)12(16)13-11(3)4/h10-11H,5-9H2,1-4H3,(H,13,16). The van der Waals surface area contributed by atoms with Gasteiger partial charge in [0.15, 0.2) is 0 Å². The maximum absolute atomic E-state index is 11.7. The Bertz CT molecular complexity index is 220. The Balaban J connectivity index is 2.28. The molecule has 4 nitrogen and oxygen atoms in total. The lowest BCUT2D eigenvalue weighted by atomic mass is 10.2. The van der Waals surface area contributed by atoms with E-state index in [4.69, 9.17) is 0 Å². The summed E-state index contributed by atoms with van der Waals surface area (Å²) in [5.74, 6) is 0.705. The van der Waals surface area contributed by atoms with Gasteiger partial charge in [-0.3, -0.25) is 4.90 Å². The lowest BCUT2D eigenvalue weighted by molar-refractivity contribution is 0.130. The summed E-state index contributed by atoms with van der Waals surface area (Å²) in [4.78, 5) is 16.1. The first-order chi connectivity index (χ1) is 7.49. The molecule has 2 amide bonds. The first-order valence-corrected chi connectivity index (χ1v) is 6.27. The van der Waals surface area contributed by atoms with Crippen molar-refractivity contribution in [1.29, 1.82) is 0 Å². The van der Waals surface area contributed by atoms with E-state index in [2.05, 4.69) is 24.1 Å². The normalized spacial score (nSPS) is 18.2. The smallest absolute Gasteiger partial charge is 0.317 e. The van der Waals surface area contributed by atoms with Crippen molar-refractivity contribution in [3.05, 3.63) is 0 Å². The second-order valence-corrected chi connectivity index (χ2v) is 5.29. The van der Waals surface area contributed by atoms with E-state index >= 15 is 0 Å². The summed E-state index contributed by atoms with van der Waals surface area (Å²) in [6, 6.07) is 0.306. The molecule has 0 radical (unpaired) electrons. The molecule has 0 spiro atoms. The minimum Gasteiger partial charge on any atom is -0.336 e. The van der Waals surface area contributed by atoms with E-state index in [0.717, 1.165) is 32.7 Å². The van der Waals surface area contributed by atoms with Crippen molar-refractivity contribution in [2.45, 2.75) is 33.7 Å². The quantitative estimate of drug-likeness (QED) is 0.790. The van der Waals surface area contributed by atoms with Crippen molar-refractivity contribution in [3.63, 3.8) is 0 Å². The van der Waals surface area contributed by atoms with Gasteiger partial charge in [0.25, 0.3) is 0 Å². The second kappa shape index (κ2) is 6.09. The van der Waals surface area contributed by atoms with Crippen LogP contribution in [0, 0.1) is 5.92 Å². The highest BCUT2D eigenvalue weighted by atomic mass is 16.2. The molecule has 1 fully saturated rings. The van der Waals surface area contributed by atoms with Crippen LogP contribution in [0.25, 0.3) is 0 Å². The van der Waals surface area contributed by atoms with E-state index in [9.17, 15) is 4.79 Å². The van der Waals surface area contributed by atoms with Gasteiger partial charge in [-0.15, -0.1) is 0 Å². The van der Waals surface area contributed by atoms with Gasteiger partial charge >= 0.3 is 6.03 Å². The van der Waals surface area contributed by atoms with Crippen LogP contribution in [0.2, 0.25) is 0 Å². The van der Waals surface area contributed by atoms with Gasteiger partial charge in [0.2, 0.25) is 0 Å². The van der Waals surface area contributed by atoms with E-state index < -0.39 is 0 Å². The molecule has 0 aliphatic carbocycles. The summed E-state index contributed by atoms with van der Waals surface area (Å²) < 4.78 is 0. The fourth-order valence-electron chi connectivity index (χ4n) is 1.99. The highest BCUT2D eigenvalue weighted by Gasteiger charge is 2.21. The molecular weight excluding hydrogens is 202 g/mol. The van der Waals surface area contributed by atoms with Crippen LogP contribution in [-0.2, 0) is 0 Å². The number of piperazine rings is 1. The third kappa shape index (κ3) is 4.39. The number of nitrogens with one attached hydrogen (secondary N) is 1. The van der Waals surface area contributed by atoms with Gasteiger partial charge < -0.3 is 10.2 Å². The number of rotatable bonds is 3.